The molecular weight excluding hydrogens is 354 g/mol. The Morgan fingerprint density at radius 2 is 1.72 bits per heavy atom. The molecule has 5 rings (SSSR count). The summed E-state index contributed by atoms with van der Waals surface area (Å²) in [5.41, 5.74) is 6.46. The molecule has 0 unspecified atom stereocenters. The van der Waals surface area contributed by atoms with Crippen LogP contribution in [-0.4, -0.2) is 0 Å². The molecule has 0 aliphatic carbocycles. The fourth-order valence-electron chi connectivity index (χ4n) is 4.79. The van der Waals surface area contributed by atoms with Gasteiger partial charge in [-0.15, -0.1) is 0 Å². The third-order valence-electron chi connectivity index (χ3n) is 6.40. The van der Waals surface area contributed by atoms with Gasteiger partial charge >= 0.3 is 0 Å². The van der Waals surface area contributed by atoms with Crippen molar-refractivity contribution in [3.05, 3.63) is 65.4 Å². The van der Waals surface area contributed by atoms with Gasteiger partial charge in [0.25, 0.3) is 0 Å². The molecule has 0 spiro atoms. The smallest absolute Gasteiger partial charge is 0.228 e. The third-order valence-corrected chi connectivity index (χ3v) is 6.40. The van der Waals surface area contributed by atoms with E-state index in [4.69, 9.17) is 4.74 Å². The van der Waals surface area contributed by atoms with Crippen LogP contribution in [-0.2, 0) is 18.9 Å². The fourth-order valence-corrected chi connectivity index (χ4v) is 4.79. The second-order valence-electron chi connectivity index (χ2n) is 9.27. The van der Waals surface area contributed by atoms with E-state index in [1.54, 1.807) is 0 Å². The Balaban J connectivity index is 1.98. The van der Waals surface area contributed by atoms with Gasteiger partial charge in [-0.1, -0.05) is 52.0 Å². The van der Waals surface area contributed by atoms with Crippen LogP contribution in [0.5, 0.6) is 11.5 Å². The number of ether oxygens (including phenoxy) is 1. The van der Waals surface area contributed by atoms with Gasteiger partial charge in [-0.2, -0.15) is 0 Å². The van der Waals surface area contributed by atoms with Gasteiger partial charge in [0.1, 0.15) is 18.5 Å². The van der Waals surface area contributed by atoms with Crippen LogP contribution in [0.2, 0.25) is 0 Å². The first-order valence-corrected chi connectivity index (χ1v) is 10.5. The number of aryl methyl sites for hydroxylation is 3. The van der Waals surface area contributed by atoms with E-state index in [9.17, 15) is 0 Å². The monoisotopic (exact) mass is 382 g/mol. The second kappa shape index (κ2) is 6.06. The lowest BCUT2D eigenvalue weighted by Crippen LogP contribution is -2.32. The van der Waals surface area contributed by atoms with Crippen LogP contribution in [0.15, 0.2) is 48.7 Å². The third kappa shape index (κ3) is 2.51. The van der Waals surface area contributed by atoms with Crippen LogP contribution in [0, 0.1) is 6.92 Å². The summed E-state index contributed by atoms with van der Waals surface area (Å²) < 4.78 is 8.99. The van der Waals surface area contributed by atoms with Gasteiger partial charge in [0.2, 0.25) is 5.69 Å². The number of rotatable bonds is 1. The average Bonchev–Trinajstić information content (AvgIpc) is 2.69. The molecule has 2 heteroatoms. The first-order chi connectivity index (χ1) is 13.8. The van der Waals surface area contributed by atoms with Crippen LogP contribution in [0.4, 0.5) is 0 Å². The molecule has 0 radical (unpaired) electrons. The van der Waals surface area contributed by atoms with Gasteiger partial charge in [-0.3, -0.25) is 0 Å². The molecule has 29 heavy (non-hydrogen) atoms. The molecule has 4 aromatic rings. The molecule has 1 aliphatic rings. The zero-order valence-electron chi connectivity index (χ0n) is 18.2. The molecule has 0 N–H and O–H groups in total. The van der Waals surface area contributed by atoms with Gasteiger partial charge in [-0.05, 0) is 58.2 Å². The topological polar surface area (TPSA) is 13.1 Å². The van der Waals surface area contributed by atoms with Crippen molar-refractivity contribution in [2.45, 2.75) is 46.5 Å². The molecule has 0 bridgehead atoms. The Morgan fingerprint density at radius 3 is 2.41 bits per heavy atom. The number of hydrogen-bond acceptors (Lipinski definition) is 1. The number of pyridine rings is 1. The van der Waals surface area contributed by atoms with Crippen molar-refractivity contribution in [3.63, 3.8) is 0 Å². The normalized spacial score (nSPS) is 12.9. The SMILES string of the molecule is CCc1c2c(c(C)c3ccccc13)-c1c3c(cc(C(C)(C)C)cc3cc[n+]1C)O2. The Labute approximate surface area is 172 Å². The van der Waals surface area contributed by atoms with E-state index < -0.39 is 0 Å². The summed E-state index contributed by atoms with van der Waals surface area (Å²) in [5.74, 6) is 2.01. The van der Waals surface area contributed by atoms with Crippen molar-refractivity contribution in [2.75, 3.05) is 0 Å². The quantitative estimate of drug-likeness (QED) is 0.292. The minimum absolute atomic E-state index is 0.0689. The predicted molar refractivity (Wildman–Crippen MR) is 121 cm³/mol. The molecule has 0 saturated heterocycles. The highest BCUT2D eigenvalue weighted by Crippen LogP contribution is 2.51. The van der Waals surface area contributed by atoms with E-state index in [0.29, 0.717) is 0 Å². The van der Waals surface area contributed by atoms with E-state index in [1.165, 1.54) is 49.5 Å². The Morgan fingerprint density at radius 1 is 1.00 bits per heavy atom. The van der Waals surface area contributed by atoms with E-state index in [-0.39, 0.29) is 5.41 Å². The summed E-state index contributed by atoms with van der Waals surface area (Å²) >= 11 is 0. The van der Waals surface area contributed by atoms with Gasteiger partial charge in [0, 0.05) is 11.6 Å². The van der Waals surface area contributed by atoms with Gasteiger partial charge in [0.15, 0.2) is 6.20 Å². The van der Waals surface area contributed by atoms with Gasteiger partial charge in [0.05, 0.1) is 10.9 Å². The van der Waals surface area contributed by atoms with Crippen LogP contribution in [0.3, 0.4) is 0 Å². The molecule has 0 fully saturated rings. The van der Waals surface area contributed by atoms with E-state index >= 15 is 0 Å². The number of fused-ring (bicyclic) bond motifs is 3. The first kappa shape index (κ1) is 18.2. The number of benzene rings is 3. The molecular formula is C27H28NO+. The summed E-state index contributed by atoms with van der Waals surface area (Å²) in [7, 11) is 2.14. The van der Waals surface area contributed by atoms with Crippen molar-refractivity contribution < 1.29 is 9.30 Å². The minimum atomic E-state index is 0.0689. The highest BCUT2D eigenvalue weighted by molar-refractivity contribution is 6.06. The standard InChI is InChI=1S/C27H28NO/c1-7-19-21-11-9-8-10-20(21)16(2)23-25-24-17(12-13-28(25)6)14-18(27(3,4)5)15-22(24)29-26(19)23/h8-15H,7H2,1-6H3/q+1. The van der Waals surface area contributed by atoms with Crippen molar-refractivity contribution >= 4 is 21.5 Å². The maximum atomic E-state index is 6.74. The van der Waals surface area contributed by atoms with Gasteiger partial charge < -0.3 is 4.74 Å². The summed E-state index contributed by atoms with van der Waals surface area (Å²) in [4.78, 5) is 0. The Bertz CT molecular complexity index is 1310. The van der Waals surface area contributed by atoms with Crippen molar-refractivity contribution in [1.29, 1.82) is 0 Å². The van der Waals surface area contributed by atoms with Crippen molar-refractivity contribution in [3.8, 4) is 22.8 Å². The Kier molecular flexibility index (Phi) is 3.80. The van der Waals surface area contributed by atoms with Crippen LogP contribution >= 0.6 is 0 Å². The maximum absolute atomic E-state index is 6.74. The van der Waals surface area contributed by atoms with E-state index in [0.717, 1.165) is 17.9 Å². The molecule has 0 saturated carbocycles. The molecule has 0 amide bonds. The average molecular weight is 383 g/mol. The fraction of sp³-hybridized carbons (Fsp3) is 0.296. The van der Waals surface area contributed by atoms with Gasteiger partial charge in [-0.25, -0.2) is 4.57 Å². The molecule has 1 aliphatic heterocycles. The first-order valence-electron chi connectivity index (χ1n) is 10.5. The van der Waals surface area contributed by atoms with Crippen molar-refractivity contribution in [1.82, 2.24) is 0 Å². The number of aromatic nitrogens is 1. The van der Waals surface area contributed by atoms with E-state index in [2.05, 4.69) is 94.9 Å². The van der Waals surface area contributed by atoms with Crippen LogP contribution in [0.25, 0.3) is 32.8 Å². The highest BCUT2D eigenvalue weighted by Gasteiger charge is 2.33. The lowest BCUT2D eigenvalue weighted by Gasteiger charge is -2.27. The van der Waals surface area contributed by atoms with Crippen molar-refractivity contribution in [2.24, 2.45) is 7.05 Å². The molecule has 2 nitrogen and oxygen atoms in total. The largest absolute Gasteiger partial charge is 0.455 e. The Hall–Kier alpha value is -2.87. The molecule has 3 aromatic carbocycles. The summed E-state index contributed by atoms with van der Waals surface area (Å²) in [6, 6.07) is 15.5. The molecule has 2 heterocycles. The molecule has 146 valence electrons. The number of hydrogen-bond donors (Lipinski definition) is 0. The predicted octanol–water partition coefficient (Wildman–Crippen LogP) is 6.76. The molecule has 1 aromatic heterocycles. The zero-order valence-corrected chi connectivity index (χ0v) is 18.2. The van der Waals surface area contributed by atoms with Crippen LogP contribution in [0.1, 0.15) is 44.4 Å². The molecule has 0 atom stereocenters. The maximum Gasteiger partial charge on any atom is 0.228 e. The second-order valence-corrected chi connectivity index (χ2v) is 9.27. The summed E-state index contributed by atoms with van der Waals surface area (Å²) in [5, 5.41) is 5.09. The van der Waals surface area contributed by atoms with E-state index in [1.807, 2.05) is 0 Å². The lowest BCUT2D eigenvalue weighted by atomic mass is 9.83. The van der Waals surface area contributed by atoms with Crippen LogP contribution < -0.4 is 9.30 Å². The number of nitrogens with zero attached hydrogens (tertiary/aromatic N) is 1. The zero-order chi connectivity index (χ0) is 20.5. The lowest BCUT2D eigenvalue weighted by molar-refractivity contribution is -0.659. The minimum Gasteiger partial charge on any atom is -0.455 e. The summed E-state index contributed by atoms with van der Waals surface area (Å²) in [6.45, 7) is 11.2. The summed E-state index contributed by atoms with van der Waals surface area (Å²) in [6.07, 6.45) is 3.13. The highest BCUT2D eigenvalue weighted by atomic mass is 16.5.